The van der Waals surface area contributed by atoms with Gasteiger partial charge in [-0.2, -0.15) is 5.06 Å². The second-order valence-corrected chi connectivity index (χ2v) is 6.77. The summed E-state index contributed by atoms with van der Waals surface area (Å²) in [5, 5.41) is 9.95. The maximum absolute atomic E-state index is 5.88. The highest BCUT2D eigenvalue weighted by molar-refractivity contribution is 6.23. The van der Waals surface area contributed by atoms with Crippen LogP contribution in [0, 0.1) is 0 Å². The Hall–Kier alpha value is -2.20. The fraction of sp³-hybridized carbons (Fsp3) is 0.238. The molecule has 0 unspecified atom stereocenters. The van der Waals surface area contributed by atoms with Gasteiger partial charge in [0.1, 0.15) is 0 Å². The van der Waals surface area contributed by atoms with Gasteiger partial charge < -0.3 is 5.73 Å². The maximum Gasteiger partial charge on any atom is 0.0934 e. The van der Waals surface area contributed by atoms with Crippen molar-refractivity contribution in [3.05, 3.63) is 60.2 Å². The minimum Gasteiger partial charge on any atom is -0.328 e. The zero-order valence-corrected chi connectivity index (χ0v) is 13.7. The van der Waals surface area contributed by atoms with Crippen molar-refractivity contribution in [2.45, 2.75) is 18.6 Å². The third kappa shape index (κ3) is 1.89. The lowest BCUT2D eigenvalue weighted by Crippen LogP contribution is -2.21. The van der Waals surface area contributed by atoms with Crippen LogP contribution in [0.25, 0.3) is 32.3 Å². The summed E-state index contributed by atoms with van der Waals surface area (Å²) in [6.07, 6.45) is 1.05. The van der Waals surface area contributed by atoms with E-state index in [0.29, 0.717) is 6.54 Å². The van der Waals surface area contributed by atoms with E-state index in [1.807, 2.05) is 12.1 Å². The van der Waals surface area contributed by atoms with E-state index in [2.05, 4.69) is 54.6 Å². The Morgan fingerprint density at radius 2 is 1.62 bits per heavy atom. The fourth-order valence-electron chi connectivity index (χ4n) is 4.26. The number of rotatable bonds is 2. The van der Waals surface area contributed by atoms with Crippen molar-refractivity contribution >= 4 is 32.3 Å². The maximum atomic E-state index is 5.88. The number of hydrogen-bond donors (Lipinski definition) is 1. The van der Waals surface area contributed by atoms with Gasteiger partial charge in [-0.1, -0.05) is 54.6 Å². The molecule has 1 fully saturated rings. The molecule has 0 amide bonds. The summed E-state index contributed by atoms with van der Waals surface area (Å²) in [6, 6.07) is 20.2. The normalized spacial score (nSPS) is 22.2. The molecule has 0 aliphatic carbocycles. The summed E-state index contributed by atoms with van der Waals surface area (Å²) >= 11 is 0. The van der Waals surface area contributed by atoms with Crippen LogP contribution in [0.2, 0.25) is 0 Å². The molecule has 3 heteroatoms. The van der Waals surface area contributed by atoms with E-state index in [1.165, 1.54) is 37.9 Å². The van der Waals surface area contributed by atoms with Crippen LogP contribution in [0.15, 0.2) is 54.6 Å². The van der Waals surface area contributed by atoms with E-state index in [9.17, 15) is 0 Å². The first kappa shape index (κ1) is 14.2. The Bertz CT molecular complexity index is 1030. The molecule has 1 aliphatic heterocycles. The summed E-state index contributed by atoms with van der Waals surface area (Å²) in [5.41, 5.74) is 7.15. The first-order chi connectivity index (χ1) is 11.8. The summed E-state index contributed by atoms with van der Waals surface area (Å²) in [6.45, 7) is 0.562. The number of nitrogens with two attached hydrogens (primary N) is 1. The van der Waals surface area contributed by atoms with Crippen LogP contribution in [0.5, 0.6) is 0 Å². The molecule has 24 heavy (non-hydrogen) atoms. The number of nitrogens with zero attached hydrogens (tertiary/aromatic N) is 1. The predicted molar refractivity (Wildman–Crippen MR) is 99.2 cm³/mol. The third-order valence-corrected chi connectivity index (χ3v) is 5.42. The van der Waals surface area contributed by atoms with Gasteiger partial charge in [0.15, 0.2) is 0 Å². The smallest absolute Gasteiger partial charge is 0.0934 e. The molecular formula is C21H20N2O. The molecule has 3 nitrogen and oxygen atoms in total. The largest absolute Gasteiger partial charge is 0.328 e. The van der Waals surface area contributed by atoms with E-state index in [1.54, 1.807) is 0 Å². The van der Waals surface area contributed by atoms with Crippen LogP contribution in [-0.4, -0.2) is 24.8 Å². The van der Waals surface area contributed by atoms with Crippen LogP contribution in [-0.2, 0) is 4.84 Å². The monoisotopic (exact) mass is 316 g/mol. The van der Waals surface area contributed by atoms with Crippen molar-refractivity contribution in [1.29, 1.82) is 0 Å². The lowest BCUT2D eigenvalue weighted by atomic mass is 9.89. The molecule has 4 aromatic carbocycles. The number of hydrogen-bond acceptors (Lipinski definition) is 3. The van der Waals surface area contributed by atoms with Crippen molar-refractivity contribution in [2.24, 2.45) is 5.73 Å². The van der Waals surface area contributed by atoms with Crippen molar-refractivity contribution in [2.75, 3.05) is 13.6 Å². The number of benzene rings is 4. The molecule has 1 saturated heterocycles. The van der Waals surface area contributed by atoms with E-state index in [0.717, 1.165) is 6.42 Å². The van der Waals surface area contributed by atoms with E-state index in [4.69, 9.17) is 10.6 Å². The highest BCUT2D eigenvalue weighted by Gasteiger charge is 2.32. The molecule has 1 aliphatic rings. The van der Waals surface area contributed by atoms with Crippen molar-refractivity contribution in [3.63, 3.8) is 0 Å². The van der Waals surface area contributed by atoms with Gasteiger partial charge in [0, 0.05) is 13.6 Å². The third-order valence-electron chi connectivity index (χ3n) is 5.42. The van der Waals surface area contributed by atoms with E-state index in [-0.39, 0.29) is 12.1 Å². The lowest BCUT2D eigenvalue weighted by molar-refractivity contribution is -0.140. The Kier molecular flexibility index (Phi) is 3.04. The standard InChI is InChI=1S/C21H20N2O/c1-23-19(11-16(12-22)24-23)17-9-7-15-6-5-13-3-2-4-14-8-10-18(17)21(15)20(13)14/h2-10,16,19H,11-12,22H2,1H3/t16-,19+/m0/s1. The van der Waals surface area contributed by atoms with Crippen LogP contribution < -0.4 is 5.73 Å². The van der Waals surface area contributed by atoms with Gasteiger partial charge in [-0.15, -0.1) is 0 Å². The van der Waals surface area contributed by atoms with Gasteiger partial charge in [0.25, 0.3) is 0 Å². The highest BCUT2D eigenvalue weighted by atomic mass is 16.7. The van der Waals surface area contributed by atoms with Gasteiger partial charge in [-0.05, 0) is 44.3 Å². The fourth-order valence-corrected chi connectivity index (χ4v) is 4.26. The quantitative estimate of drug-likeness (QED) is 0.563. The Morgan fingerprint density at radius 1 is 0.958 bits per heavy atom. The molecule has 0 saturated carbocycles. The zero-order valence-electron chi connectivity index (χ0n) is 13.7. The van der Waals surface area contributed by atoms with Gasteiger partial charge in [0.2, 0.25) is 0 Å². The molecule has 4 aromatic rings. The van der Waals surface area contributed by atoms with Crippen LogP contribution in [0.3, 0.4) is 0 Å². The molecule has 2 N–H and O–H groups in total. The summed E-state index contributed by atoms with van der Waals surface area (Å²) < 4.78 is 0. The minimum atomic E-state index is 0.110. The molecule has 0 spiro atoms. The zero-order chi connectivity index (χ0) is 16.3. The lowest BCUT2D eigenvalue weighted by Gasteiger charge is -2.21. The summed E-state index contributed by atoms with van der Waals surface area (Å²) in [7, 11) is 2.01. The van der Waals surface area contributed by atoms with Crippen LogP contribution >= 0.6 is 0 Å². The molecule has 0 aromatic heterocycles. The molecule has 120 valence electrons. The average Bonchev–Trinajstić information content (AvgIpc) is 3.00. The Balaban J connectivity index is 1.81. The summed E-state index contributed by atoms with van der Waals surface area (Å²) in [4.78, 5) is 5.88. The highest BCUT2D eigenvalue weighted by Crippen LogP contribution is 2.41. The van der Waals surface area contributed by atoms with E-state index < -0.39 is 0 Å². The van der Waals surface area contributed by atoms with Gasteiger partial charge in [-0.3, -0.25) is 4.84 Å². The minimum absolute atomic E-state index is 0.110. The van der Waals surface area contributed by atoms with Gasteiger partial charge in [0.05, 0.1) is 12.1 Å². The SMILES string of the molecule is CN1O[C@H](CN)C[C@@H]1c1ccc2ccc3cccc4ccc1c2c34. The molecule has 5 rings (SSSR count). The topological polar surface area (TPSA) is 38.5 Å². The second-order valence-electron chi connectivity index (χ2n) is 6.77. The summed E-state index contributed by atoms with van der Waals surface area (Å²) in [5.74, 6) is 0. The Morgan fingerprint density at radius 3 is 2.33 bits per heavy atom. The van der Waals surface area contributed by atoms with Crippen molar-refractivity contribution < 1.29 is 4.84 Å². The predicted octanol–water partition coefficient (Wildman–Crippen LogP) is 4.22. The Labute approximate surface area is 140 Å². The van der Waals surface area contributed by atoms with Gasteiger partial charge >= 0.3 is 0 Å². The number of hydroxylamine groups is 2. The van der Waals surface area contributed by atoms with Gasteiger partial charge in [-0.25, -0.2) is 0 Å². The molecular weight excluding hydrogens is 296 g/mol. The second kappa shape index (κ2) is 5.15. The van der Waals surface area contributed by atoms with Crippen molar-refractivity contribution in [3.8, 4) is 0 Å². The van der Waals surface area contributed by atoms with Crippen LogP contribution in [0.1, 0.15) is 18.0 Å². The molecule has 1 heterocycles. The first-order valence-corrected chi connectivity index (χ1v) is 8.52. The molecule has 2 atom stereocenters. The average molecular weight is 316 g/mol. The molecule has 0 bridgehead atoms. The van der Waals surface area contributed by atoms with E-state index >= 15 is 0 Å². The molecule has 0 radical (unpaired) electrons. The first-order valence-electron chi connectivity index (χ1n) is 8.52. The van der Waals surface area contributed by atoms with Crippen LogP contribution in [0.4, 0.5) is 0 Å². The van der Waals surface area contributed by atoms with Crippen molar-refractivity contribution in [1.82, 2.24) is 5.06 Å².